The molecule has 1 N–H and O–H groups in total. The molecule has 2 aliphatic rings. The second-order valence-electron chi connectivity index (χ2n) is 6.40. The summed E-state index contributed by atoms with van der Waals surface area (Å²) in [6, 6.07) is 4.66. The molecule has 112 valence electrons. The molecule has 0 aromatic carbocycles. The SMILES string of the molecule is CCNC(Cc1ccco1)C1(N2CCCC2)CCCC1. The molecule has 1 aromatic heterocycles. The van der Waals surface area contributed by atoms with Crippen molar-refractivity contribution in [1.82, 2.24) is 10.2 Å². The van der Waals surface area contributed by atoms with E-state index in [4.69, 9.17) is 4.42 Å². The van der Waals surface area contributed by atoms with Gasteiger partial charge in [0.1, 0.15) is 5.76 Å². The topological polar surface area (TPSA) is 28.4 Å². The zero-order valence-electron chi connectivity index (χ0n) is 12.7. The van der Waals surface area contributed by atoms with Crippen LogP contribution in [0.3, 0.4) is 0 Å². The smallest absolute Gasteiger partial charge is 0.105 e. The molecule has 1 aromatic rings. The minimum Gasteiger partial charge on any atom is -0.469 e. The van der Waals surface area contributed by atoms with Crippen LogP contribution in [0.25, 0.3) is 0 Å². The van der Waals surface area contributed by atoms with Gasteiger partial charge in [0.25, 0.3) is 0 Å². The number of nitrogens with one attached hydrogen (secondary N) is 1. The summed E-state index contributed by atoms with van der Waals surface area (Å²) in [4.78, 5) is 2.79. The number of likely N-dealkylation sites (N-methyl/N-ethyl adjacent to an activating group) is 1. The third-order valence-corrected chi connectivity index (χ3v) is 5.29. The number of furan rings is 1. The van der Waals surface area contributed by atoms with Gasteiger partial charge >= 0.3 is 0 Å². The van der Waals surface area contributed by atoms with Crippen LogP contribution >= 0.6 is 0 Å². The van der Waals surface area contributed by atoms with E-state index in [1.807, 2.05) is 6.07 Å². The lowest BCUT2D eigenvalue weighted by molar-refractivity contribution is 0.0751. The van der Waals surface area contributed by atoms with Crippen molar-refractivity contribution in [2.24, 2.45) is 0 Å². The van der Waals surface area contributed by atoms with Crippen LogP contribution in [0.4, 0.5) is 0 Å². The van der Waals surface area contributed by atoms with Gasteiger partial charge in [0.05, 0.1) is 6.26 Å². The van der Waals surface area contributed by atoms with E-state index in [0.717, 1.165) is 18.7 Å². The van der Waals surface area contributed by atoms with Gasteiger partial charge in [-0.1, -0.05) is 19.8 Å². The van der Waals surface area contributed by atoms with E-state index in [-0.39, 0.29) is 0 Å². The summed E-state index contributed by atoms with van der Waals surface area (Å²) in [7, 11) is 0. The summed E-state index contributed by atoms with van der Waals surface area (Å²) in [5.41, 5.74) is 0.374. The second kappa shape index (κ2) is 6.31. The van der Waals surface area contributed by atoms with Crippen molar-refractivity contribution in [3.05, 3.63) is 24.2 Å². The fraction of sp³-hybridized carbons (Fsp3) is 0.765. The van der Waals surface area contributed by atoms with E-state index in [1.165, 1.54) is 51.6 Å². The fourth-order valence-corrected chi connectivity index (χ4v) is 4.36. The molecule has 3 nitrogen and oxygen atoms in total. The molecule has 20 heavy (non-hydrogen) atoms. The first-order chi connectivity index (χ1) is 9.85. The van der Waals surface area contributed by atoms with Gasteiger partial charge < -0.3 is 9.73 Å². The Morgan fingerprint density at radius 2 is 2.00 bits per heavy atom. The van der Waals surface area contributed by atoms with Crippen molar-refractivity contribution >= 4 is 0 Å². The first-order valence-corrected chi connectivity index (χ1v) is 8.36. The number of hydrogen-bond donors (Lipinski definition) is 1. The molecule has 0 radical (unpaired) electrons. The molecular weight excluding hydrogens is 248 g/mol. The highest BCUT2D eigenvalue weighted by molar-refractivity contribution is 5.10. The summed E-state index contributed by atoms with van der Waals surface area (Å²) >= 11 is 0. The Kier molecular flexibility index (Phi) is 4.47. The van der Waals surface area contributed by atoms with Crippen LogP contribution in [0.1, 0.15) is 51.2 Å². The van der Waals surface area contributed by atoms with Gasteiger partial charge in [-0.15, -0.1) is 0 Å². The van der Waals surface area contributed by atoms with E-state index >= 15 is 0 Å². The van der Waals surface area contributed by atoms with E-state index in [0.29, 0.717) is 11.6 Å². The molecule has 0 amide bonds. The maximum atomic E-state index is 5.62. The molecule has 1 atom stereocenters. The summed E-state index contributed by atoms with van der Waals surface area (Å²) < 4.78 is 5.62. The molecule has 2 heterocycles. The molecule has 0 spiro atoms. The van der Waals surface area contributed by atoms with Crippen LogP contribution in [0.2, 0.25) is 0 Å². The van der Waals surface area contributed by atoms with Crippen molar-refractivity contribution in [2.75, 3.05) is 19.6 Å². The van der Waals surface area contributed by atoms with Gasteiger partial charge in [-0.2, -0.15) is 0 Å². The van der Waals surface area contributed by atoms with Crippen LogP contribution in [0.15, 0.2) is 22.8 Å². The van der Waals surface area contributed by atoms with Gasteiger partial charge in [-0.05, 0) is 57.5 Å². The number of hydrogen-bond acceptors (Lipinski definition) is 3. The van der Waals surface area contributed by atoms with Crippen LogP contribution in [0, 0.1) is 0 Å². The van der Waals surface area contributed by atoms with Gasteiger partial charge in [0, 0.05) is 18.0 Å². The summed E-state index contributed by atoms with van der Waals surface area (Å²) in [5.74, 6) is 1.13. The van der Waals surface area contributed by atoms with Crippen molar-refractivity contribution in [2.45, 2.75) is 63.5 Å². The third-order valence-electron chi connectivity index (χ3n) is 5.29. The predicted octanol–water partition coefficient (Wildman–Crippen LogP) is 3.21. The number of likely N-dealkylation sites (tertiary alicyclic amines) is 1. The molecule has 1 saturated carbocycles. The molecule has 2 fully saturated rings. The Morgan fingerprint density at radius 1 is 1.25 bits per heavy atom. The molecule has 1 aliphatic carbocycles. The Balaban J connectivity index is 1.81. The van der Waals surface area contributed by atoms with Crippen molar-refractivity contribution in [3.63, 3.8) is 0 Å². The molecule has 1 unspecified atom stereocenters. The average Bonchev–Trinajstić information content (AvgIpc) is 3.20. The zero-order chi connectivity index (χ0) is 13.8. The minimum absolute atomic E-state index is 0.374. The summed E-state index contributed by atoms with van der Waals surface area (Å²) in [5, 5.41) is 3.78. The highest BCUT2D eigenvalue weighted by Crippen LogP contribution is 2.41. The van der Waals surface area contributed by atoms with E-state index in [9.17, 15) is 0 Å². The Morgan fingerprint density at radius 3 is 2.60 bits per heavy atom. The zero-order valence-corrected chi connectivity index (χ0v) is 12.7. The van der Waals surface area contributed by atoms with E-state index < -0.39 is 0 Å². The Bertz CT molecular complexity index is 389. The first kappa shape index (κ1) is 14.2. The third kappa shape index (κ3) is 2.66. The monoisotopic (exact) mass is 276 g/mol. The van der Waals surface area contributed by atoms with Crippen LogP contribution in [-0.2, 0) is 6.42 Å². The highest BCUT2D eigenvalue weighted by Gasteiger charge is 2.46. The van der Waals surface area contributed by atoms with E-state index in [1.54, 1.807) is 6.26 Å². The van der Waals surface area contributed by atoms with E-state index in [2.05, 4.69) is 23.2 Å². The Hall–Kier alpha value is -0.800. The van der Waals surface area contributed by atoms with Gasteiger partial charge in [-0.25, -0.2) is 0 Å². The van der Waals surface area contributed by atoms with Crippen molar-refractivity contribution in [1.29, 1.82) is 0 Å². The second-order valence-corrected chi connectivity index (χ2v) is 6.40. The quantitative estimate of drug-likeness (QED) is 0.865. The molecular formula is C17H28N2O. The average molecular weight is 276 g/mol. The van der Waals surface area contributed by atoms with Crippen LogP contribution < -0.4 is 5.32 Å². The maximum Gasteiger partial charge on any atom is 0.105 e. The largest absolute Gasteiger partial charge is 0.469 e. The maximum absolute atomic E-state index is 5.62. The van der Waals surface area contributed by atoms with Gasteiger partial charge in [0.15, 0.2) is 0 Å². The lowest BCUT2D eigenvalue weighted by atomic mass is 9.83. The number of rotatable bonds is 6. The lowest BCUT2D eigenvalue weighted by Gasteiger charge is -2.45. The Labute approximate surface area is 122 Å². The van der Waals surface area contributed by atoms with Gasteiger partial charge in [-0.3, -0.25) is 4.90 Å². The van der Waals surface area contributed by atoms with Crippen molar-refractivity contribution in [3.8, 4) is 0 Å². The standard InChI is InChI=1S/C17H28N2O/c1-2-18-16(14-15-8-7-13-20-15)17(9-3-4-10-17)19-11-5-6-12-19/h7-8,13,16,18H,2-6,9-12,14H2,1H3. The molecule has 3 rings (SSSR count). The minimum atomic E-state index is 0.374. The summed E-state index contributed by atoms with van der Waals surface area (Å²) in [6.45, 7) is 5.85. The molecule has 3 heteroatoms. The molecule has 1 aliphatic heterocycles. The van der Waals surface area contributed by atoms with Crippen LogP contribution in [-0.4, -0.2) is 36.1 Å². The molecule has 1 saturated heterocycles. The normalized spacial score (nSPS) is 24.2. The summed E-state index contributed by atoms with van der Waals surface area (Å²) in [6.07, 6.45) is 11.1. The number of nitrogens with zero attached hydrogens (tertiary/aromatic N) is 1. The fourth-order valence-electron chi connectivity index (χ4n) is 4.36. The molecule has 0 bridgehead atoms. The van der Waals surface area contributed by atoms with Crippen molar-refractivity contribution < 1.29 is 4.42 Å². The first-order valence-electron chi connectivity index (χ1n) is 8.36. The predicted molar refractivity (Wildman–Crippen MR) is 81.9 cm³/mol. The lowest BCUT2D eigenvalue weighted by Crippen LogP contribution is -2.60. The van der Waals surface area contributed by atoms with Gasteiger partial charge in [0.2, 0.25) is 0 Å². The highest BCUT2D eigenvalue weighted by atomic mass is 16.3. The van der Waals surface area contributed by atoms with Crippen LogP contribution in [0.5, 0.6) is 0 Å².